The second-order valence-corrected chi connectivity index (χ2v) is 14.6. The molecular formula is C27H33N9O14P2. The van der Waals surface area contributed by atoms with Gasteiger partial charge in [0.25, 0.3) is 5.56 Å². The Labute approximate surface area is 291 Å². The van der Waals surface area contributed by atoms with Crippen LogP contribution in [0.4, 0.5) is 5.82 Å². The van der Waals surface area contributed by atoms with Gasteiger partial charge in [-0.05, 0) is 37.1 Å². The van der Waals surface area contributed by atoms with Crippen LogP contribution in [0, 0.1) is 13.8 Å². The highest BCUT2D eigenvalue weighted by atomic mass is 31.2. The third-order valence-corrected chi connectivity index (χ3v) is 10.7. The first kappa shape index (κ1) is 37.7. The first-order valence-electron chi connectivity index (χ1n) is 15.3. The molecule has 6 rings (SSSR count). The maximum Gasteiger partial charge on any atom is 0.479 e. The van der Waals surface area contributed by atoms with Crippen LogP contribution in [0.1, 0.15) is 17.4 Å². The number of benzene rings is 1. The zero-order valence-corrected chi connectivity index (χ0v) is 29.0. The van der Waals surface area contributed by atoms with Gasteiger partial charge in [-0.25, -0.2) is 33.6 Å². The maximum absolute atomic E-state index is 12.5. The summed E-state index contributed by atoms with van der Waals surface area (Å²) in [7, 11) is -9.07. The van der Waals surface area contributed by atoms with Gasteiger partial charge < -0.3 is 50.0 Å². The molecule has 0 amide bonds. The number of hydrogen-bond acceptors (Lipinski definition) is 19. The number of imidazole rings is 1. The number of nitrogens with one attached hydrogen (secondary N) is 1. The van der Waals surface area contributed by atoms with Crippen molar-refractivity contribution in [2.24, 2.45) is 0 Å². The van der Waals surface area contributed by atoms with E-state index in [0.29, 0.717) is 11.0 Å². The number of nitrogen functional groups attached to an aromatic ring is 1. The molecule has 2 aromatic heterocycles. The monoisotopic (exact) mass is 769 g/mol. The van der Waals surface area contributed by atoms with Gasteiger partial charge in [0.05, 0.1) is 37.1 Å². The van der Waals surface area contributed by atoms with Crippen LogP contribution < -0.4 is 17.0 Å². The lowest BCUT2D eigenvalue weighted by Crippen LogP contribution is -2.42. The Balaban J connectivity index is 1.05. The van der Waals surface area contributed by atoms with Crippen molar-refractivity contribution >= 4 is 44.1 Å². The van der Waals surface area contributed by atoms with Gasteiger partial charge in [-0.1, -0.05) is 0 Å². The minimum absolute atomic E-state index is 0.0541. The number of nitrogens with two attached hydrogens (primary N) is 1. The lowest BCUT2D eigenvalue weighted by Gasteiger charge is -2.25. The van der Waals surface area contributed by atoms with Crippen LogP contribution >= 0.6 is 16.1 Å². The van der Waals surface area contributed by atoms with E-state index < -0.39 is 89.9 Å². The SMILES string of the molecule is Cc1cc2nc3c(=O)[nH]c(=O)nc-3n(C[C@H](O)[C@H](O)[C@H](O)CO[PH](=O)OP(=O)(O)OC[C@H]3O[C@@H](n4cnc5c(N)ncnc54)[C@@H](O)C3O)c2cc1C. The molecule has 3 unspecified atom stereocenters. The van der Waals surface area contributed by atoms with Crippen molar-refractivity contribution in [1.29, 1.82) is 0 Å². The van der Waals surface area contributed by atoms with E-state index in [1.54, 1.807) is 19.1 Å². The average molecular weight is 770 g/mol. The average Bonchev–Trinajstić information content (AvgIpc) is 3.64. The van der Waals surface area contributed by atoms with Gasteiger partial charge in [0.2, 0.25) is 0 Å². The van der Waals surface area contributed by atoms with Crippen LogP contribution in [0.2, 0.25) is 0 Å². The summed E-state index contributed by atoms with van der Waals surface area (Å²) in [4.78, 5) is 56.6. The summed E-state index contributed by atoms with van der Waals surface area (Å²) in [6, 6.07) is 3.35. The molecule has 5 heterocycles. The van der Waals surface area contributed by atoms with Gasteiger partial charge in [0, 0.05) is 0 Å². The number of aliphatic hydroxyl groups is 5. The van der Waals surface area contributed by atoms with Crippen molar-refractivity contribution < 1.29 is 57.7 Å². The fraction of sp³-hybridized carbons (Fsp3) is 0.444. The second kappa shape index (κ2) is 14.7. The summed E-state index contributed by atoms with van der Waals surface area (Å²) in [5, 5.41) is 53.0. The van der Waals surface area contributed by atoms with Gasteiger partial charge in [-0.15, -0.1) is 0 Å². The van der Waals surface area contributed by atoms with E-state index >= 15 is 0 Å². The van der Waals surface area contributed by atoms with E-state index in [2.05, 4.69) is 29.2 Å². The largest absolute Gasteiger partial charge is 0.479 e. The zero-order valence-electron chi connectivity index (χ0n) is 27.1. The second-order valence-electron chi connectivity index (χ2n) is 11.9. The number of aromatic amines is 1. The highest BCUT2D eigenvalue weighted by Gasteiger charge is 2.45. The van der Waals surface area contributed by atoms with E-state index in [-0.39, 0.29) is 28.5 Å². The Morgan fingerprint density at radius 2 is 1.81 bits per heavy atom. The molecule has 3 aliphatic heterocycles. The van der Waals surface area contributed by atoms with Crippen LogP contribution in [0.25, 0.3) is 33.7 Å². The number of rotatable bonds is 13. The predicted octanol–water partition coefficient (Wildman–Crippen LogP) is -2.13. The molecule has 3 aliphatic rings. The minimum atomic E-state index is -5.17. The number of nitrogens with zero attached hydrogens (tertiary/aromatic N) is 7. The van der Waals surface area contributed by atoms with Crippen molar-refractivity contribution in [3.63, 3.8) is 0 Å². The van der Waals surface area contributed by atoms with Gasteiger partial charge >= 0.3 is 21.8 Å². The molecule has 1 fully saturated rings. The molecule has 0 bridgehead atoms. The van der Waals surface area contributed by atoms with E-state index in [4.69, 9.17) is 19.5 Å². The van der Waals surface area contributed by atoms with E-state index in [9.17, 15) is 49.1 Å². The number of ether oxygens (including phenoxy) is 1. The molecule has 25 heteroatoms. The Hall–Kier alpha value is -4.09. The molecule has 0 radical (unpaired) electrons. The number of aryl methyl sites for hydroxylation is 2. The Morgan fingerprint density at radius 3 is 2.56 bits per heavy atom. The van der Waals surface area contributed by atoms with Crippen molar-refractivity contribution in [3.05, 3.63) is 56.8 Å². The molecule has 3 aromatic rings. The van der Waals surface area contributed by atoms with Crippen molar-refractivity contribution in [2.45, 2.75) is 63.2 Å². The summed E-state index contributed by atoms with van der Waals surface area (Å²) in [6.07, 6.45) is -9.21. The molecule has 280 valence electrons. The topological polar surface area (TPSA) is 343 Å². The molecule has 23 nitrogen and oxygen atoms in total. The molecule has 9 atom stereocenters. The molecule has 1 aromatic carbocycles. The molecule has 0 saturated carbocycles. The Morgan fingerprint density at radius 1 is 1.08 bits per heavy atom. The fourth-order valence-electron chi connectivity index (χ4n) is 5.51. The number of aromatic nitrogens is 8. The highest BCUT2D eigenvalue weighted by Crippen LogP contribution is 2.53. The number of phosphoric acid groups is 1. The lowest BCUT2D eigenvalue weighted by atomic mass is 10.1. The smallest absolute Gasteiger partial charge is 0.388 e. The van der Waals surface area contributed by atoms with Gasteiger partial charge in [-0.2, -0.15) is 4.98 Å². The van der Waals surface area contributed by atoms with E-state index in [1.807, 2.05) is 11.9 Å². The summed E-state index contributed by atoms with van der Waals surface area (Å²) < 4.78 is 47.1. The fourth-order valence-corrected chi connectivity index (χ4v) is 7.32. The standard InChI is InChI=1S/C27H33N9O14P2/c1-10-3-12-13(4-11(10)2)35(24-18(32-12)25(42)34-27(43)33-24)5-14(37)19(39)15(38)6-47-51(44)50-52(45,46)48-7-16-20(40)21(41)26(49-16)36-9-31-17-22(28)29-8-30-23(17)36/h3-4,8-9,14-16,19-21,26,37-41,51H,5-7H2,1-2H3,(H,45,46)(H2,28,29,30)(H,34,42,43)/t14-,15+,16+,19-,20?,21-,26+/m0/s1. The molecule has 0 aliphatic carbocycles. The van der Waals surface area contributed by atoms with Gasteiger partial charge in [-0.3, -0.25) is 23.4 Å². The highest BCUT2D eigenvalue weighted by molar-refractivity contribution is 7.56. The number of hydrogen-bond donors (Lipinski definition) is 8. The number of fused-ring (bicyclic) bond motifs is 3. The molecule has 1 saturated heterocycles. The first-order chi connectivity index (χ1) is 24.5. The quantitative estimate of drug-likeness (QED) is 0.0468. The van der Waals surface area contributed by atoms with Gasteiger partial charge in [0.15, 0.2) is 29.2 Å². The van der Waals surface area contributed by atoms with Crippen molar-refractivity contribution in [3.8, 4) is 11.5 Å². The van der Waals surface area contributed by atoms with Crippen LogP contribution in [0.15, 0.2) is 34.4 Å². The van der Waals surface area contributed by atoms with E-state index in [0.717, 1.165) is 17.5 Å². The number of phosphoric ester groups is 1. The third-order valence-electron chi connectivity index (χ3n) is 8.34. The van der Waals surface area contributed by atoms with Crippen LogP contribution in [0.5, 0.6) is 0 Å². The van der Waals surface area contributed by atoms with E-state index in [1.165, 1.54) is 15.5 Å². The third kappa shape index (κ3) is 7.53. The predicted molar refractivity (Wildman–Crippen MR) is 176 cm³/mol. The van der Waals surface area contributed by atoms with Crippen LogP contribution in [-0.4, -0.2) is 119 Å². The summed E-state index contributed by atoms with van der Waals surface area (Å²) in [5.74, 6) is -0.146. The molecular weight excluding hydrogens is 736 g/mol. The van der Waals surface area contributed by atoms with Crippen molar-refractivity contribution in [2.75, 3.05) is 18.9 Å². The number of aliphatic hydroxyl groups excluding tert-OH is 5. The maximum atomic E-state index is 12.5. The molecule has 52 heavy (non-hydrogen) atoms. The number of H-pyrrole nitrogens is 1. The summed E-state index contributed by atoms with van der Waals surface area (Å²) in [5.41, 5.74) is 6.41. The minimum Gasteiger partial charge on any atom is -0.388 e. The van der Waals surface area contributed by atoms with Crippen LogP contribution in [0.3, 0.4) is 0 Å². The normalized spacial score (nSPS) is 22.8. The summed E-state index contributed by atoms with van der Waals surface area (Å²) in [6.45, 7) is 1.29. The Bertz CT molecular complexity index is 2280. The summed E-state index contributed by atoms with van der Waals surface area (Å²) >= 11 is 0. The van der Waals surface area contributed by atoms with Crippen molar-refractivity contribution in [1.82, 2.24) is 39.0 Å². The first-order valence-corrected chi connectivity index (χ1v) is 18.0. The lowest BCUT2D eigenvalue weighted by molar-refractivity contribution is -0.0771. The Kier molecular flexibility index (Phi) is 10.7. The van der Waals surface area contributed by atoms with Crippen LogP contribution in [-0.2, 0) is 33.8 Å². The number of anilines is 1. The molecule has 9 N–H and O–H groups in total. The molecule has 0 spiro atoms. The van der Waals surface area contributed by atoms with Gasteiger partial charge in [0.1, 0.15) is 48.5 Å². The zero-order chi connectivity index (χ0) is 37.6.